The predicted octanol–water partition coefficient (Wildman–Crippen LogP) is 1.65. The summed E-state index contributed by atoms with van der Waals surface area (Å²) in [4.78, 5) is 22.2. The molecule has 2 amide bonds. The Morgan fingerprint density at radius 2 is 1.52 bits per heavy atom. The van der Waals surface area contributed by atoms with Crippen LogP contribution in [0, 0.1) is 17.7 Å². The Labute approximate surface area is 170 Å². The molecule has 0 aliphatic carbocycles. The van der Waals surface area contributed by atoms with E-state index >= 15 is 0 Å². The number of carbonyl (C=O) groups excluding carboxylic acids is 2. The molecule has 8 nitrogen and oxygen atoms in total. The smallest absolute Gasteiger partial charge is 0.250 e. The van der Waals surface area contributed by atoms with E-state index in [-0.39, 0.29) is 17.8 Å². The summed E-state index contributed by atoms with van der Waals surface area (Å²) in [6.07, 6.45) is 4.02. The Hall–Kier alpha value is -3.94. The number of hydrogen-bond donors (Lipinski definition) is 6. The number of nitrogens with two attached hydrogens (primary N) is 2. The van der Waals surface area contributed by atoms with Gasteiger partial charge >= 0.3 is 0 Å². The lowest BCUT2D eigenvalue weighted by atomic mass is 10.1. The van der Waals surface area contributed by atoms with E-state index in [4.69, 9.17) is 22.3 Å². The van der Waals surface area contributed by atoms with Gasteiger partial charge in [-0.1, -0.05) is 60.2 Å². The van der Waals surface area contributed by atoms with E-state index in [9.17, 15) is 9.59 Å². The van der Waals surface area contributed by atoms with Gasteiger partial charge in [-0.2, -0.15) is 0 Å². The van der Waals surface area contributed by atoms with E-state index in [0.29, 0.717) is 12.8 Å². The van der Waals surface area contributed by atoms with Gasteiger partial charge in [0.25, 0.3) is 5.91 Å². The summed E-state index contributed by atoms with van der Waals surface area (Å²) in [6.45, 7) is 2.00. The van der Waals surface area contributed by atoms with Crippen LogP contribution in [-0.4, -0.2) is 23.7 Å². The van der Waals surface area contributed by atoms with Crippen molar-refractivity contribution in [1.82, 2.24) is 10.6 Å². The van der Waals surface area contributed by atoms with Crippen LogP contribution in [0.1, 0.15) is 23.1 Å². The van der Waals surface area contributed by atoms with E-state index in [2.05, 4.69) is 10.6 Å². The standard InChI is InChI=1S/C11H13N3O.C10H13N3O/c1-8-2-4-9(5-3-8)6-7-10(15)14-11(12)13;11-10(12)13-9(14)7-6-8-4-2-1-3-5-8/h2-7H,1H3,(H4,12,13,14,15);1-5H,6-7H2,(H4,11,12,13,14). The number of nitrogens with one attached hydrogen (secondary N) is 4. The Balaban J connectivity index is 0.000000291. The topological polar surface area (TPSA) is 158 Å². The summed E-state index contributed by atoms with van der Waals surface area (Å²) < 4.78 is 0. The molecule has 0 heterocycles. The fourth-order valence-corrected chi connectivity index (χ4v) is 2.14. The molecule has 0 radical (unpaired) electrons. The summed E-state index contributed by atoms with van der Waals surface area (Å²) in [7, 11) is 0. The number of carbonyl (C=O) groups is 2. The van der Waals surface area contributed by atoms with Gasteiger partial charge in [0.05, 0.1) is 0 Å². The lowest BCUT2D eigenvalue weighted by Gasteiger charge is -2.02. The molecule has 0 bridgehead atoms. The maximum absolute atomic E-state index is 11.1. The first-order valence-electron chi connectivity index (χ1n) is 8.84. The molecule has 29 heavy (non-hydrogen) atoms. The van der Waals surface area contributed by atoms with Crippen molar-refractivity contribution in [3.8, 4) is 0 Å². The van der Waals surface area contributed by atoms with E-state index in [1.165, 1.54) is 11.6 Å². The van der Waals surface area contributed by atoms with E-state index in [1.807, 2.05) is 61.5 Å². The summed E-state index contributed by atoms with van der Waals surface area (Å²) in [5, 5.41) is 18.1. The number of aryl methyl sites for hydroxylation is 2. The third-order valence-corrected chi connectivity index (χ3v) is 3.52. The van der Waals surface area contributed by atoms with Crippen molar-refractivity contribution in [2.45, 2.75) is 19.8 Å². The zero-order valence-electron chi connectivity index (χ0n) is 16.2. The summed E-state index contributed by atoms with van der Waals surface area (Å²) in [6, 6.07) is 17.4. The lowest BCUT2D eigenvalue weighted by molar-refractivity contribution is -0.119. The van der Waals surface area contributed by atoms with Crippen molar-refractivity contribution in [3.05, 3.63) is 77.4 Å². The molecule has 0 unspecified atom stereocenters. The van der Waals surface area contributed by atoms with Gasteiger partial charge in [0.1, 0.15) is 0 Å². The molecule has 0 aliphatic rings. The van der Waals surface area contributed by atoms with Gasteiger partial charge in [0.2, 0.25) is 5.91 Å². The first-order chi connectivity index (χ1) is 13.8. The lowest BCUT2D eigenvalue weighted by Crippen LogP contribution is -2.35. The van der Waals surface area contributed by atoms with Crippen LogP contribution in [0.4, 0.5) is 0 Å². The zero-order chi connectivity index (χ0) is 21.6. The summed E-state index contributed by atoms with van der Waals surface area (Å²) in [5.74, 6) is -1.28. The van der Waals surface area contributed by atoms with Gasteiger partial charge in [-0.25, -0.2) is 0 Å². The highest BCUT2D eigenvalue weighted by Crippen LogP contribution is 2.04. The third kappa shape index (κ3) is 11.4. The summed E-state index contributed by atoms with van der Waals surface area (Å²) in [5.41, 5.74) is 13.2. The first-order valence-corrected chi connectivity index (χ1v) is 8.84. The maximum atomic E-state index is 11.1. The van der Waals surface area contributed by atoms with Crippen LogP contribution in [0.25, 0.3) is 6.08 Å². The van der Waals surface area contributed by atoms with Crippen molar-refractivity contribution in [2.24, 2.45) is 11.5 Å². The van der Waals surface area contributed by atoms with E-state index in [1.54, 1.807) is 6.08 Å². The number of amides is 2. The van der Waals surface area contributed by atoms with Crippen molar-refractivity contribution >= 4 is 29.8 Å². The third-order valence-electron chi connectivity index (χ3n) is 3.52. The van der Waals surface area contributed by atoms with Crippen molar-refractivity contribution in [2.75, 3.05) is 0 Å². The minimum Gasteiger partial charge on any atom is -0.370 e. The highest BCUT2D eigenvalue weighted by atomic mass is 16.2. The highest BCUT2D eigenvalue weighted by Gasteiger charge is 2.02. The van der Waals surface area contributed by atoms with E-state index < -0.39 is 5.91 Å². The van der Waals surface area contributed by atoms with Gasteiger partial charge in [0.15, 0.2) is 11.9 Å². The highest BCUT2D eigenvalue weighted by molar-refractivity contribution is 6.02. The molecular weight excluding hydrogens is 368 g/mol. The minimum absolute atomic E-state index is 0.221. The van der Waals surface area contributed by atoms with Gasteiger partial charge < -0.3 is 11.5 Å². The van der Waals surface area contributed by atoms with Crippen LogP contribution in [-0.2, 0) is 16.0 Å². The second-order valence-corrected chi connectivity index (χ2v) is 6.09. The zero-order valence-corrected chi connectivity index (χ0v) is 16.2. The maximum Gasteiger partial charge on any atom is 0.250 e. The Morgan fingerprint density at radius 1 is 0.931 bits per heavy atom. The van der Waals surface area contributed by atoms with Crippen LogP contribution >= 0.6 is 0 Å². The quantitative estimate of drug-likeness (QED) is 0.259. The molecule has 0 fully saturated rings. The predicted molar refractivity (Wildman–Crippen MR) is 115 cm³/mol. The van der Waals surface area contributed by atoms with Crippen molar-refractivity contribution in [1.29, 1.82) is 10.8 Å². The van der Waals surface area contributed by atoms with Gasteiger partial charge in [-0.15, -0.1) is 0 Å². The molecule has 8 N–H and O–H groups in total. The monoisotopic (exact) mass is 394 g/mol. The van der Waals surface area contributed by atoms with Crippen LogP contribution in [0.5, 0.6) is 0 Å². The molecule has 0 spiro atoms. The average molecular weight is 394 g/mol. The number of hydrogen-bond acceptors (Lipinski definition) is 4. The van der Waals surface area contributed by atoms with E-state index in [0.717, 1.165) is 11.1 Å². The molecule has 2 aromatic carbocycles. The normalized spacial score (nSPS) is 9.83. The molecule has 0 aromatic heterocycles. The van der Waals surface area contributed by atoms with Crippen LogP contribution in [0.3, 0.4) is 0 Å². The second kappa shape index (κ2) is 12.4. The molecule has 0 aliphatic heterocycles. The van der Waals surface area contributed by atoms with Crippen LogP contribution in [0.2, 0.25) is 0 Å². The van der Waals surface area contributed by atoms with Gasteiger partial charge in [-0.3, -0.25) is 31.0 Å². The van der Waals surface area contributed by atoms with Gasteiger partial charge in [0, 0.05) is 12.5 Å². The number of benzene rings is 2. The molecule has 2 aromatic rings. The average Bonchev–Trinajstić information content (AvgIpc) is 2.66. The molecule has 0 atom stereocenters. The fourth-order valence-electron chi connectivity index (χ4n) is 2.14. The summed E-state index contributed by atoms with van der Waals surface area (Å²) >= 11 is 0. The minimum atomic E-state index is -0.400. The fraction of sp³-hybridized carbons (Fsp3) is 0.143. The Kier molecular flexibility index (Phi) is 9.92. The number of rotatable bonds is 5. The molecular formula is C21H26N6O2. The molecule has 0 saturated heterocycles. The van der Waals surface area contributed by atoms with Crippen LogP contribution < -0.4 is 22.1 Å². The molecule has 152 valence electrons. The Morgan fingerprint density at radius 3 is 2.07 bits per heavy atom. The SMILES string of the molecule is Cc1ccc(C=CC(=O)NC(=N)N)cc1.N=C(N)NC(=O)CCc1ccccc1. The molecule has 2 rings (SSSR count). The van der Waals surface area contributed by atoms with Crippen molar-refractivity contribution in [3.63, 3.8) is 0 Å². The largest absolute Gasteiger partial charge is 0.370 e. The molecule has 0 saturated carbocycles. The first kappa shape index (κ1) is 23.1. The molecule has 8 heteroatoms. The Bertz CT molecular complexity index is 860. The number of guanidine groups is 2. The van der Waals surface area contributed by atoms with Gasteiger partial charge in [-0.05, 0) is 30.5 Å². The van der Waals surface area contributed by atoms with Crippen LogP contribution in [0.15, 0.2) is 60.7 Å². The van der Waals surface area contributed by atoms with Crippen molar-refractivity contribution < 1.29 is 9.59 Å². The second-order valence-electron chi connectivity index (χ2n) is 6.09.